The van der Waals surface area contributed by atoms with Crippen molar-refractivity contribution in [3.05, 3.63) is 170 Å². The third-order valence-corrected chi connectivity index (χ3v) is 9.14. The molecule has 0 atom stereocenters. The highest BCUT2D eigenvalue weighted by atomic mass is 16.3. The average molecular weight is 646 g/mol. The van der Waals surface area contributed by atoms with Crippen LogP contribution in [0, 0.1) is 0 Å². The van der Waals surface area contributed by atoms with Crippen molar-refractivity contribution in [3.63, 3.8) is 0 Å². The van der Waals surface area contributed by atoms with Gasteiger partial charge < -0.3 is 8.98 Å². The van der Waals surface area contributed by atoms with Crippen molar-refractivity contribution in [2.75, 3.05) is 0 Å². The van der Waals surface area contributed by atoms with E-state index in [1.54, 1.807) is 18.2 Å². The Kier molecular flexibility index (Phi) is 5.35. The summed E-state index contributed by atoms with van der Waals surface area (Å²) in [5, 5.41) is 4.09. The summed E-state index contributed by atoms with van der Waals surface area (Å²) in [4.78, 5) is 15.1. The van der Waals surface area contributed by atoms with E-state index < -0.39 is 18.1 Å². The first-order chi connectivity index (χ1) is 26.9. The Balaban J connectivity index is 1.23. The van der Waals surface area contributed by atoms with Gasteiger partial charge >= 0.3 is 0 Å². The predicted octanol–water partition coefficient (Wildman–Crippen LogP) is 11.5. The molecule has 0 aliphatic heterocycles. The Hall–Kier alpha value is -6.85. The predicted molar refractivity (Wildman–Crippen MR) is 203 cm³/mol. The highest BCUT2D eigenvalue weighted by Gasteiger charge is 2.22. The molecule has 7 aromatic carbocycles. The van der Waals surface area contributed by atoms with Gasteiger partial charge in [0, 0.05) is 32.8 Å². The molecule has 0 bridgehead atoms. The van der Waals surface area contributed by atoms with Crippen molar-refractivity contribution in [1.82, 2.24) is 19.5 Å². The summed E-state index contributed by atoms with van der Waals surface area (Å²) in [5.41, 5.74) is 7.25. The molecule has 3 heterocycles. The minimum absolute atomic E-state index is 0.109. The molecule has 234 valence electrons. The SMILES string of the molecule is [2H]c1c([2H])c([2H])c(-c2cccc(-c3nc(-c4ccccc4)nc(-c4cccc5oc6cccc(-n7c8ccccc8c8ccccc87)c6c45)n3)c2)c([2H])c1[2H]. The van der Waals surface area contributed by atoms with Crippen LogP contribution in [-0.4, -0.2) is 19.5 Å². The third kappa shape index (κ3) is 4.52. The van der Waals surface area contributed by atoms with Crippen LogP contribution in [-0.2, 0) is 0 Å². The number of hydrogen-bond acceptors (Lipinski definition) is 4. The molecule has 0 fully saturated rings. The largest absolute Gasteiger partial charge is 0.456 e. The van der Waals surface area contributed by atoms with Gasteiger partial charge in [-0.1, -0.05) is 133 Å². The molecule has 0 saturated carbocycles. The number of fused-ring (bicyclic) bond motifs is 6. The van der Waals surface area contributed by atoms with Crippen LogP contribution in [0.5, 0.6) is 0 Å². The molecule has 0 spiro atoms. The molecule has 5 nitrogen and oxygen atoms in total. The summed E-state index contributed by atoms with van der Waals surface area (Å²) in [6.45, 7) is 0. The van der Waals surface area contributed by atoms with Crippen molar-refractivity contribution < 1.29 is 11.3 Å². The molecule has 5 heteroatoms. The number of nitrogens with zero attached hydrogens (tertiary/aromatic N) is 4. The van der Waals surface area contributed by atoms with Gasteiger partial charge in [-0.3, -0.25) is 0 Å². The van der Waals surface area contributed by atoms with Crippen LogP contribution < -0.4 is 0 Å². The van der Waals surface area contributed by atoms with Gasteiger partial charge in [-0.2, -0.15) is 0 Å². The molecular weight excluding hydrogens is 613 g/mol. The van der Waals surface area contributed by atoms with Gasteiger partial charge in [0.05, 0.1) is 29.0 Å². The van der Waals surface area contributed by atoms with E-state index in [-0.39, 0.29) is 17.6 Å². The van der Waals surface area contributed by atoms with E-state index in [9.17, 15) is 0 Å². The van der Waals surface area contributed by atoms with Gasteiger partial charge in [-0.15, -0.1) is 0 Å². The second-order valence-corrected chi connectivity index (χ2v) is 12.1. The second kappa shape index (κ2) is 11.4. The summed E-state index contributed by atoms with van der Waals surface area (Å²) in [5.74, 6) is 1.26. The summed E-state index contributed by atoms with van der Waals surface area (Å²) >= 11 is 0. The molecule has 3 aromatic heterocycles. The molecule has 0 unspecified atom stereocenters. The minimum Gasteiger partial charge on any atom is -0.456 e. The Bertz CT molecular complexity index is 3090. The first-order valence-electron chi connectivity index (χ1n) is 18.8. The number of para-hydroxylation sites is 2. The van der Waals surface area contributed by atoms with E-state index in [1.165, 1.54) is 0 Å². The van der Waals surface area contributed by atoms with Crippen molar-refractivity contribution >= 4 is 43.7 Å². The Labute approximate surface area is 294 Å². The number of aromatic nitrogens is 4. The highest BCUT2D eigenvalue weighted by molar-refractivity contribution is 6.17. The Morgan fingerprint density at radius 2 is 1.04 bits per heavy atom. The summed E-state index contributed by atoms with van der Waals surface area (Å²) in [7, 11) is 0. The van der Waals surface area contributed by atoms with E-state index in [0.29, 0.717) is 34.2 Å². The van der Waals surface area contributed by atoms with E-state index in [0.717, 1.165) is 55.0 Å². The Morgan fingerprint density at radius 3 is 1.80 bits per heavy atom. The van der Waals surface area contributed by atoms with Crippen LogP contribution in [0.15, 0.2) is 174 Å². The maximum absolute atomic E-state index is 8.60. The van der Waals surface area contributed by atoms with Crippen molar-refractivity contribution in [2.45, 2.75) is 0 Å². The average Bonchev–Trinajstić information content (AvgIpc) is 3.79. The fraction of sp³-hybridized carbons (Fsp3) is 0. The van der Waals surface area contributed by atoms with Gasteiger partial charge in [0.2, 0.25) is 0 Å². The Morgan fingerprint density at radius 1 is 0.460 bits per heavy atom. The zero-order valence-corrected chi connectivity index (χ0v) is 26.5. The van der Waals surface area contributed by atoms with Crippen molar-refractivity contribution in [1.29, 1.82) is 0 Å². The molecule has 50 heavy (non-hydrogen) atoms. The molecule has 10 aromatic rings. The molecular formula is C45H28N4O. The molecule has 0 amide bonds. The lowest BCUT2D eigenvalue weighted by Gasteiger charge is -2.12. The lowest BCUT2D eigenvalue weighted by atomic mass is 10.0. The van der Waals surface area contributed by atoms with Gasteiger partial charge in [0.15, 0.2) is 17.5 Å². The molecule has 0 saturated heterocycles. The standard InChI is InChI=1S/C45H28N4O/c1-3-14-29(15-4-1)31-18-11-19-32(28-31)44-46-43(30-16-5-2-6-17-30)47-45(48-44)35-22-12-26-39-41(35)42-38(25-13-27-40(42)50-39)49-36-23-9-7-20-33(36)34-21-8-10-24-37(34)49/h1-28H/i1D,3D,4D,14D,15D. The monoisotopic (exact) mass is 645 g/mol. The fourth-order valence-electron chi connectivity index (χ4n) is 6.95. The first-order valence-corrected chi connectivity index (χ1v) is 16.3. The summed E-state index contributed by atoms with van der Waals surface area (Å²) < 4.78 is 50.6. The number of benzene rings is 7. The van der Waals surface area contributed by atoms with Gasteiger partial charge in [-0.25, -0.2) is 15.0 Å². The first kappa shape index (κ1) is 23.5. The van der Waals surface area contributed by atoms with Crippen LogP contribution in [0.1, 0.15) is 6.85 Å². The summed E-state index contributed by atoms with van der Waals surface area (Å²) in [6, 6.07) is 43.8. The molecule has 0 radical (unpaired) electrons. The maximum atomic E-state index is 8.60. The fourth-order valence-corrected chi connectivity index (χ4v) is 6.95. The highest BCUT2D eigenvalue weighted by Crippen LogP contribution is 2.42. The lowest BCUT2D eigenvalue weighted by molar-refractivity contribution is 0.669. The minimum atomic E-state index is -0.438. The smallest absolute Gasteiger partial charge is 0.164 e. The normalized spacial score (nSPS) is 13.0. The van der Waals surface area contributed by atoms with Crippen LogP contribution in [0.4, 0.5) is 0 Å². The van der Waals surface area contributed by atoms with Gasteiger partial charge in [0.25, 0.3) is 0 Å². The van der Waals surface area contributed by atoms with Crippen molar-refractivity contribution in [3.8, 4) is 51.0 Å². The van der Waals surface area contributed by atoms with Gasteiger partial charge in [-0.05, 0) is 47.5 Å². The summed E-state index contributed by atoms with van der Waals surface area (Å²) in [6.07, 6.45) is 0. The second-order valence-electron chi connectivity index (χ2n) is 12.1. The number of hydrogen-bond donors (Lipinski definition) is 0. The number of furan rings is 1. The zero-order chi connectivity index (χ0) is 37.4. The van der Waals surface area contributed by atoms with Gasteiger partial charge in [0.1, 0.15) is 11.2 Å². The molecule has 10 rings (SSSR count). The van der Waals surface area contributed by atoms with E-state index in [1.807, 2.05) is 66.7 Å². The van der Waals surface area contributed by atoms with Crippen LogP contribution in [0.3, 0.4) is 0 Å². The lowest BCUT2D eigenvalue weighted by Crippen LogP contribution is -2.01. The van der Waals surface area contributed by atoms with Crippen LogP contribution >= 0.6 is 0 Å². The van der Waals surface area contributed by atoms with Crippen molar-refractivity contribution in [2.24, 2.45) is 0 Å². The van der Waals surface area contributed by atoms with E-state index in [2.05, 4.69) is 59.2 Å². The number of rotatable bonds is 5. The maximum Gasteiger partial charge on any atom is 0.164 e. The molecule has 0 N–H and O–H groups in total. The van der Waals surface area contributed by atoms with Crippen LogP contribution in [0.2, 0.25) is 0 Å². The third-order valence-electron chi connectivity index (χ3n) is 9.14. The van der Waals surface area contributed by atoms with E-state index in [4.69, 9.17) is 26.2 Å². The zero-order valence-electron chi connectivity index (χ0n) is 31.5. The molecule has 0 aliphatic rings. The van der Waals surface area contributed by atoms with Crippen LogP contribution in [0.25, 0.3) is 94.7 Å². The van der Waals surface area contributed by atoms with E-state index >= 15 is 0 Å². The quantitative estimate of drug-likeness (QED) is 0.187. The molecule has 0 aliphatic carbocycles. The topological polar surface area (TPSA) is 56.7 Å².